The van der Waals surface area contributed by atoms with Crippen LogP contribution in [0.4, 0.5) is 0 Å². The Morgan fingerprint density at radius 1 is 1.26 bits per heavy atom. The summed E-state index contributed by atoms with van der Waals surface area (Å²) in [5.41, 5.74) is 6.22. The van der Waals surface area contributed by atoms with Crippen LogP contribution in [0.15, 0.2) is 30.3 Å². The Kier molecular flexibility index (Phi) is 7.19. The highest BCUT2D eigenvalue weighted by atomic mass is 16.5. The second-order valence-electron chi connectivity index (χ2n) is 5.96. The largest absolute Gasteiger partial charge is 0.469 e. The molecule has 1 aromatic carbocycles. The third-order valence-corrected chi connectivity index (χ3v) is 3.79. The van der Waals surface area contributed by atoms with E-state index in [0.29, 0.717) is 0 Å². The fraction of sp³-hybridized carbons (Fsp3) is 0.529. The van der Waals surface area contributed by atoms with E-state index in [-0.39, 0.29) is 18.9 Å². The lowest BCUT2D eigenvalue weighted by molar-refractivity contribution is -0.143. The van der Waals surface area contributed by atoms with Crippen molar-refractivity contribution in [2.45, 2.75) is 31.8 Å². The van der Waals surface area contributed by atoms with Crippen molar-refractivity contribution in [3.63, 3.8) is 0 Å². The fourth-order valence-electron chi connectivity index (χ4n) is 2.38. The first-order valence-electron chi connectivity index (χ1n) is 7.51. The predicted molar refractivity (Wildman–Crippen MR) is 87.6 cm³/mol. The second-order valence-corrected chi connectivity index (χ2v) is 5.96. The zero-order valence-electron chi connectivity index (χ0n) is 14.2. The van der Waals surface area contributed by atoms with Crippen LogP contribution >= 0.6 is 0 Å². The Morgan fingerprint density at radius 2 is 1.87 bits per heavy atom. The highest BCUT2D eigenvalue weighted by molar-refractivity contribution is 5.81. The van der Waals surface area contributed by atoms with Crippen LogP contribution in [0.5, 0.6) is 0 Å². The number of nitrogens with one attached hydrogen (secondary N) is 1. The molecule has 23 heavy (non-hydrogen) atoms. The molecule has 0 saturated heterocycles. The number of hydrogen-bond acceptors (Lipinski definition) is 5. The lowest BCUT2D eigenvalue weighted by atomic mass is 9.92. The quantitative estimate of drug-likeness (QED) is 0.706. The molecule has 0 bridgehead atoms. The summed E-state index contributed by atoms with van der Waals surface area (Å²) >= 11 is 0. The van der Waals surface area contributed by atoms with E-state index in [1.165, 1.54) is 14.2 Å². The molecule has 0 fully saturated rings. The van der Waals surface area contributed by atoms with Gasteiger partial charge in [-0.15, -0.1) is 0 Å². The summed E-state index contributed by atoms with van der Waals surface area (Å²) in [5.74, 6) is -1.10. The molecule has 0 aliphatic heterocycles. The number of amides is 1. The molecule has 0 aliphatic rings. The minimum atomic E-state index is -0.844. The number of carbonyl (C=O) groups excluding carboxylic acids is 2. The normalized spacial score (nSPS) is 16.0. The van der Waals surface area contributed by atoms with E-state index in [0.717, 1.165) is 5.56 Å². The van der Waals surface area contributed by atoms with Gasteiger partial charge in [0, 0.05) is 13.2 Å². The van der Waals surface area contributed by atoms with Crippen molar-refractivity contribution in [2.24, 2.45) is 11.7 Å². The van der Waals surface area contributed by atoms with Gasteiger partial charge < -0.3 is 20.5 Å². The minimum Gasteiger partial charge on any atom is -0.469 e. The lowest BCUT2D eigenvalue weighted by Gasteiger charge is -2.31. The number of carbonyl (C=O) groups is 2. The Hall–Kier alpha value is -1.92. The zero-order valence-corrected chi connectivity index (χ0v) is 14.2. The molecular weight excluding hydrogens is 296 g/mol. The van der Waals surface area contributed by atoms with Crippen LogP contribution in [0.2, 0.25) is 0 Å². The predicted octanol–water partition coefficient (Wildman–Crippen LogP) is 1.41. The van der Waals surface area contributed by atoms with Gasteiger partial charge in [-0.2, -0.15) is 0 Å². The van der Waals surface area contributed by atoms with Crippen LogP contribution in [-0.4, -0.2) is 38.2 Å². The van der Waals surface area contributed by atoms with Crippen molar-refractivity contribution in [3.05, 3.63) is 35.9 Å². The van der Waals surface area contributed by atoms with E-state index >= 15 is 0 Å². The number of ether oxygens (including phenoxy) is 2. The Bertz CT molecular complexity index is 521. The van der Waals surface area contributed by atoms with E-state index in [9.17, 15) is 9.59 Å². The maximum absolute atomic E-state index is 12.5. The topological polar surface area (TPSA) is 90.6 Å². The van der Waals surface area contributed by atoms with Crippen molar-refractivity contribution in [1.82, 2.24) is 5.32 Å². The van der Waals surface area contributed by atoms with Gasteiger partial charge in [-0.1, -0.05) is 37.3 Å². The van der Waals surface area contributed by atoms with Gasteiger partial charge in [-0.3, -0.25) is 9.59 Å². The van der Waals surface area contributed by atoms with Crippen LogP contribution in [0.1, 0.15) is 31.9 Å². The molecule has 1 aromatic rings. The number of methoxy groups -OCH3 is 2. The third kappa shape index (κ3) is 5.65. The summed E-state index contributed by atoms with van der Waals surface area (Å²) in [6, 6.07) is 9.00. The first-order valence-corrected chi connectivity index (χ1v) is 7.51. The van der Waals surface area contributed by atoms with Crippen LogP contribution in [0.25, 0.3) is 0 Å². The molecule has 6 heteroatoms. The lowest BCUT2D eigenvalue weighted by Crippen LogP contribution is -2.53. The summed E-state index contributed by atoms with van der Waals surface area (Å²) in [5, 5.41) is 2.87. The summed E-state index contributed by atoms with van der Waals surface area (Å²) in [6.07, 6.45) is 0.0242. The maximum atomic E-state index is 12.5. The molecule has 0 heterocycles. The number of nitrogens with two attached hydrogens (primary N) is 1. The Labute approximate surface area is 137 Å². The molecule has 3 N–H and O–H groups in total. The van der Waals surface area contributed by atoms with E-state index < -0.39 is 23.5 Å². The van der Waals surface area contributed by atoms with Gasteiger partial charge in [0.15, 0.2) is 0 Å². The molecule has 0 radical (unpaired) electrons. The molecule has 0 spiro atoms. The van der Waals surface area contributed by atoms with Gasteiger partial charge in [0.2, 0.25) is 5.91 Å². The van der Waals surface area contributed by atoms with Gasteiger partial charge in [-0.25, -0.2) is 0 Å². The average Bonchev–Trinajstić information content (AvgIpc) is 2.53. The Morgan fingerprint density at radius 3 is 2.39 bits per heavy atom. The van der Waals surface area contributed by atoms with Gasteiger partial charge in [0.1, 0.15) is 0 Å². The summed E-state index contributed by atoms with van der Waals surface area (Å²) < 4.78 is 9.80. The number of hydrogen-bond donors (Lipinski definition) is 2. The minimum absolute atomic E-state index is 0.0242. The zero-order chi connectivity index (χ0) is 17.5. The van der Waals surface area contributed by atoms with Crippen LogP contribution < -0.4 is 11.1 Å². The average molecular weight is 322 g/mol. The molecule has 0 aromatic heterocycles. The SMILES string of the molecule is COCC(C)(CC(=O)OC)NC(=O)C(C)C(N)c1ccccc1. The summed E-state index contributed by atoms with van der Waals surface area (Å²) in [7, 11) is 2.83. The number of esters is 1. The van der Waals surface area contributed by atoms with Crippen molar-refractivity contribution in [1.29, 1.82) is 0 Å². The molecular formula is C17H26N2O4. The molecule has 3 unspecified atom stereocenters. The molecule has 128 valence electrons. The Balaban J connectivity index is 2.79. The number of benzene rings is 1. The molecule has 1 rings (SSSR count). The van der Waals surface area contributed by atoms with E-state index in [1.807, 2.05) is 30.3 Å². The highest BCUT2D eigenvalue weighted by Gasteiger charge is 2.33. The molecule has 0 saturated carbocycles. The first kappa shape index (κ1) is 19.1. The van der Waals surface area contributed by atoms with Crippen molar-refractivity contribution >= 4 is 11.9 Å². The van der Waals surface area contributed by atoms with Crippen LogP contribution in [-0.2, 0) is 19.1 Å². The number of rotatable bonds is 8. The molecule has 1 amide bonds. The van der Waals surface area contributed by atoms with Crippen molar-refractivity contribution in [3.8, 4) is 0 Å². The standard InChI is InChI=1S/C17H26N2O4/c1-12(15(18)13-8-6-5-7-9-13)16(21)19-17(2,11-22-3)10-14(20)23-4/h5-9,12,15H,10-11,18H2,1-4H3,(H,19,21). The van der Waals surface area contributed by atoms with Gasteiger partial charge in [-0.05, 0) is 12.5 Å². The molecule has 0 aliphatic carbocycles. The monoisotopic (exact) mass is 322 g/mol. The maximum Gasteiger partial charge on any atom is 0.307 e. The summed E-state index contributed by atoms with van der Waals surface area (Å²) in [4.78, 5) is 24.1. The summed E-state index contributed by atoms with van der Waals surface area (Å²) in [6.45, 7) is 3.70. The van der Waals surface area contributed by atoms with Crippen LogP contribution in [0.3, 0.4) is 0 Å². The van der Waals surface area contributed by atoms with Crippen molar-refractivity contribution < 1.29 is 19.1 Å². The third-order valence-electron chi connectivity index (χ3n) is 3.79. The smallest absolute Gasteiger partial charge is 0.307 e. The second kappa shape index (κ2) is 8.64. The molecule has 6 nitrogen and oxygen atoms in total. The van der Waals surface area contributed by atoms with Crippen LogP contribution in [0, 0.1) is 5.92 Å². The van der Waals surface area contributed by atoms with E-state index in [4.69, 9.17) is 10.5 Å². The van der Waals surface area contributed by atoms with E-state index in [1.54, 1.807) is 13.8 Å². The first-order chi connectivity index (χ1) is 10.8. The fourth-order valence-corrected chi connectivity index (χ4v) is 2.38. The van der Waals surface area contributed by atoms with Gasteiger partial charge >= 0.3 is 5.97 Å². The highest BCUT2D eigenvalue weighted by Crippen LogP contribution is 2.21. The van der Waals surface area contributed by atoms with Gasteiger partial charge in [0.25, 0.3) is 0 Å². The molecule has 3 atom stereocenters. The van der Waals surface area contributed by atoms with Gasteiger partial charge in [0.05, 0.1) is 31.6 Å². The van der Waals surface area contributed by atoms with Crippen molar-refractivity contribution in [2.75, 3.05) is 20.8 Å². The van der Waals surface area contributed by atoms with E-state index in [2.05, 4.69) is 10.1 Å².